The van der Waals surface area contributed by atoms with Gasteiger partial charge in [-0.3, -0.25) is 9.98 Å². The van der Waals surface area contributed by atoms with Crippen molar-refractivity contribution in [3.8, 4) is 6.07 Å². The van der Waals surface area contributed by atoms with Gasteiger partial charge in [-0.15, -0.1) is 11.3 Å². The maximum atomic E-state index is 8.62. The molecule has 70 valence electrons. The summed E-state index contributed by atoms with van der Waals surface area (Å²) >= 11 is 1.30. The Bertz CT molecular complexity index is 422. The van der Waals surface area contributed by atoms with Gasteiger partial charge in [-0.1, -0.05) is 0 Å². The van der Waals surface area contributed by atoms with Gasteiger partial charge in [0.25, 0.3) is 0 Å². The van der Waals surface area contributed by atoms with E-state index in [2.05, 4.69) is 21.7 Å². The molecule has 0 N–H and O–H groups in total. The molecule has 14 heavy (non-hydrogen) atoms. The fraction of sp³-hybridized carbons (Fsp3) is 0.111. The van der Waals surface area contributed by atoms with Gasteiger partial charge in [0.2, 0.25) is 0 Å². The molecule has 1 aromatic rings. The summed E-state index contributed by atoms with van der Waals surface area (Å²) in [6, 6.07) is 2.02. The second-order valence-corrected chi connectivity index (χ2v) is 3.33. The molecular weight excluding hydrogens is 196 g/mol. The zero-order valence-corrected chi connectivity index (χ0v) is 8.45. The first-order valence-corrected chi connectivity index (χ1v) is 4.58. The Balaban J connectivity index is 3.06. The van der Waals surface area contributed by atoms with Crippen LogP contribution < -0.4 is 0 Å². The average molecular weight is 204 g/mol. The first-order chi connectivity index (χ1) is 6.81. The number of hydrogen-bond donors (Lipinski definition) is 0. The molecular formula is C9H8N4S. The van der Waals surface area contributed by atoms with Gasteiger partial charge in [-0.2, -0.15) is 5.26 Å². The molecule has 0 saturated carbocycles. The molecule has 0 fully saturated rings. The number of thiazole rings is 1. The van der Waals surface area contributed by atoms with Crippen LogP contribution >= 0.6 is 11.3 Å². The lowest BCUT2D eigenvalue weighted by Crippen LogP contribution is -1.83. The van der Waals surface area contributed by atoms with Crippen LogP contribution in [0.3, 0.4) is 0 Å². The monoisotopic (exact) mass is 204 g/mol. The smallest absolute Gasteiger partial charge is 0.127 e. The number of nitriles is 1. The molecule has 0 aliphatic rings. The van der Waals surface area contributed by atoms with E-state index in [9.17, 15) is 0 Å². The summed E-state index contributed by atoms with van der Waals surface area (Å²) in [6.45, 7) is 3.36. The Kier molecular flexibility index (Phi) is 3.70. The van der Waals surface area contributed by atoms with Gasteiger partial charge in [0.05, 0.1) is 6.20 Å². The molecule has 0 spiro atoms. The van der Waals surface area contributed by atoms with Crippen LogP contribution in [0.25, 0.3) is 5.57 Å². The highest BCUT2D eigenvalue weighted by Crippen LogP contribution is 2.19. The quantitative estimate of drug-likeness (QED) is 0.704. The molecule has 5 heteroatoms. The highest BCUT2D eigenvalue weighted by atomic mass is 32.1. The third-order valence-electron chi connectivity index (χ3n) is 1.36. The highest BCUT2D eigenvalue weighted by Gasteiger charge is 2.04. The SMILES string of the molecule is C=N/C=C(\C=NC)c1ncc(C#N)s1. The number of allylic oxidation sites excluding steroid dienone is 1. The van der Waals surface area contributed by atoms with Crippen LogP contribution in [0.15, 0.2) is 22.4 Å². The fourth-order valence-electron chi connectivity index (χ4n) is 0.840. The van der Waals surface area contributed by atoms with Gasteiger partial charge in [0.1, 0.15) is 16.0 Å². The van der Waals surface area contributed by atoms with Crippen molar-refractivity contribution in [3.63, 3.8) is 0 Å². The summed E-state index contributed by atoms with van der Waals surface area (Å²) in [4.78, 5) is 12.2. The second kappa shape index (κ2) is 5.04. The van der Waals surface area contributed by atoms with E-state index in [4.69, 9.17) is 5.26 Å². The Morgan fingerprint density at radius 1 is 1.79 bits per heavy atom. The molecule has 0 aliphatic heterocycles. The Morgan fingerprint density at radius 3 is 3.07 bits per heavy atom. The molecule has 0 saturated heterocycles. The summed E-state index contributed by atoms with van der Waals surface area (Å²) in [6.07, 6.45) is 4.72. The molecule has 0 amide bonds. The van der Waals surface area contributed by atoms with Crippen molar-refractivity contribution in [2.24, 2.45) is 9.98 Å². The maximum Gasteiger partial charge on any atom is 0.127 e. The van der Waals surface area contributed by atoms with E-state index in [1.54, 1.807) is 19.5 Å². The van der Waals surface area contributed by atoms with Crippen LogP contribution in [0.1, 0.15) is 9.88 Å². The summed E-state index contributed by atoms with van der Waals surface area (Å²) < 4.78 is 0. The van der Waals surface area contributed by atoms with E-state index in [-0.39, 0.29) is 0 Å². The average Bonchev–Trinajstić information content (AvgIpc) is 2.65. The molecule has 1 aromatic heterocycles. The molecule has 1 rings (SSSR count). The van der Waals surface area contributed by atoms with E-state index in [1.165, 1.54) is 17.5 Å². The van der Waals surface area contributed by atoms with E-state index in [1.807, 2.05) is 6.07 Å². The molecule has 0 unspecified atom stereocenters. The topological polar surface area (TPSA) is 61.4 Å². The maximum absolute atomic E-state index is 8.62. The lowest BCUT2D eigenvalue weighted by atomic mass is 10.3. The minimum Gasteiger partial charge on any atom is -0.296 e. The molecule has 4 nitrogen and oxygen atoms in total. The van der Waals surface area contributed by atoms with Gasteiger partial charge in [0, 0.05) is 25.0 Å². The van der Waals surface area contributed by atoms with Crippen molar-refractivity contribution in [1.29, 1.82) is 5.26 Å². The van der Waals surface area contributed by atoms with Gasteiger partial charge in [-0.05, 0) is 6.72 Å². The fourth-order valence-corrected chi connectivity index (χ4v) is 1.53. The molecule has 0 bridgehead atoms. The van der Waals surface area contributed by atoms with E-state index < -0.39 is 0 Å². The van der Waals surface area contributed by atoms with Gasteiger partial charge >= 0.3 is 0 Å². The predicted octanol–water partition coefficient (Wildman–Crippen LogP) is 1.76. The van der Waals surface area contributed by atoms with Crippen molar-refractivity contribution in [1.82, 2.24) is 4.98 Å². The van der Waals surface area contributed by atoms with E-state index >= 15 is 0 Å². The summed E-state index contributed by atoms with van der Waals surface area (Å²) in [7, 11) is 1.66. The van der Waals surface area contributed by atoms with Crippen LogP contribution in [0, 0.1) is 11.3 Å². The third kappa shape index (κ3) is 2.34. The minimum atomic E-state index is 0.569. The largest absolute Gasteiger partial charge is 0.296 e. The zero-order valence-electron chi connectivity index (χ0n) is 7.64. The molecule has 0 radical (unpaired) electrons. The van der Waals surface area contributed by atoms with Gasteiger partial charge < -0.3 is 0 Å². The second-order valence-electron chi connectivity index (χ2n) is 2.30. The first kappa shape index (κ1) is 10.3. The summed E-state index contributed by atoms with van der Waals surface area (Å²) in [5.41, 5.74) is 0.758. The first-order valence-electron chi connectivity index (χ1n) is 3.76. The van der Waals surface area contributed by atoms with E-state index in [0.717, 1.165) is 10.6 Å². The van der Waals surface area contributed by atoms with Crippen molar-refractivity contribution >= 4 is 29.8 Å². The Labute approximate surface area is 86.0 Å². The van der Waals surface area contributed by atoms with Crippen molar-refractivity contribution < 1.29 is 0 Å². The molecule has 0 aromatic carbocycles. The number of hydrogen-bond acceptors (Lipinski definition) is 5. The predicted molar refractivity (Wildman–Crippen MR) is 58.8 cm³/mol. The number of aromatic nitrogens is 1. The van der Waals surface area contributed by atoms with Crippen LogP contribution in [-0.4, -0.2) is 25.0 Å². The van der Waals surface area contributed by atoms with Crippen molar-refractivity contribution in [2.75, 3.05) is 7.05 Å². The van der Waals surface area contributed by atoms with E-state index in [0.29, 0.717) is 4.88 Å². The van der Waals surface area contributed by atoms with Gasteiger partial charge in [-0.25, -0.2) is 4.98 Å². The molecule has 1 heterocycles. The molecule has 0 atom stereocenters. The standard InChI is InChI=1S/C9H8N4S/c1-11-4-7(5-12-2)9-13-6-8(3-10)14-9/h4-6H,1H2,2H3/b7-4+,12-5?. The summed E-state index contributed by atoms with van der Waals surface area (Å²) in [5, 5.41) is 9.35. The number of aliphatic imine (C=N–C) groups is 2. The highest BCUT2D eigenvalue weighted by molar-refractivity contribution is 7.13. The minimum absolute atomic E-state index is 0.569. The van der Waals surface area contributed by atoms with Crippen LogP contribution in [0.5, 0.6) is 0 Å². The van der Waals surface area contributed by atoms with Crippen LogP contribution in [0.4, 0.5) is 0 Å². The lowest BCUT2D eigenvalue weighted by Gasteiger charge is -1.91. The lowest BCUT2D eigenvalue weighted by molar-refractivity contribution is 1.36. The van der Waals surface area contributed by atoms with Gasteiger partial charge in [0.15, 0.2) is 0 Å². The summed E-state index contributed by atoms with van der Waals surface area (Å²) in [5.74, 6) is 0. The Hall–Kier alpha value is -1.80. The third-order valence-corrected chi connectivity index (χ3v) is 2.31. The van der Waals surface area contributed by atoms with Crippen molar-refractivity contribution in [3.05, 3.63) is 22.3 Å². The number of nitrogens with zero attached hydrogens (tertiary/aromatic N) is 4. The zero-order chi connectivity index (χ0) is 10.4. The Morgan fingerprint density at radius 2 is 2.57 bits per heavy atom. The van der Waals surface area contributed by atoms with Crippen molar-refractivity contribution in [2.45, 2.75) is 0 Å². The molecule has 0 aliphatic carbocycles. The van der Waals surface area contributed by atoms with Crippen LogP contribution in [0.2, 0.25) is 0 Å². The number of rotatable bonds is 3. The van der Waals surface area contributed by atoms with Crippen LogP contribution in [-0.2, 0) is 0 Å². The normalized spacial score (nSPS) is 11.6.